The first-order chi connectivity index (χ1) is 5.68. The van der Waals surface area contributed by atoms with Crippen LogP contribution in [-0.4, -0.2) is 5.78 Å². The second-order valence-electron chi connectivity index (χ2n) is 2.85. The van der Waals surface area contributed by atoms with E-state index in [1.54, 1.807) is 0 Å². The number of carbonyl (C=O) groups is 1. The minimum Gasteiger partial charge on any atom is -0.294 e. The van der Waals surface area contributed by atoms with Crippen molar-refractivity contribution < 1.29 is 9.18 Å². The van der Waals surface area contributed by atoms with Gasteiger partial charge in [0.05, 0.1) is 5.02 Å². The van der Waals surface area contributed by atoms with Crippen molar-refractivity contribution in [2.24, 2.45) is 0 Å². The number of fused-ring (bicyclic) bond motifs is 1. The molecule has 0 saturated heterocycles. The molecule has 1 aliphatic carbocycles. The van der Waals surface area contributed by atoms with Gasteiger partial charge in [0, 0.05) is 12.0 Å². The summed E-state index contributed by atoms with van der Waals surface area (Å²) in [6.07, 6.45) is 1.17. The van der Waals surface area contributed by atoms with Gasteiger partial charge in [-0.1, -0.05) is 11.6 Å². The Bertz CT molecular complexity index is 360. The summed E-state index contributed by atoms with van der Waals surface area (Å²) in [5.41, 5.74) is 1.36. The molecule has 1 nitrogen and oxygen atoms in total. The SMILES string of the molecule is O=C1CCc2cc(Cl)c(F)cc21. The molecule has 0 radical (unpaired) electrons. The Morgan fingerprint density at radius 1 is 1.33 bits per heavy atom. The van der Waals surface area contributed by atoms with E-state index in [9.17, 15) is 9.18 Å². The normalized spacial score (nSPS) is 15.0. The van der Waals surface area contributed by atoms with Crippen LogP contribution in [0.15, 0.2) is 12.1 Å². The Hall–Kier alpha value is -0.890. The molecule has 2 rings (SSSR count). The topological polar surface area (TPSA) is 17.1 Å². The van der Waals surface area contributed by atoms with Crippen molar-refractivity contribution in [3.63, 3.8) is 0 Å². The first-order valence-corrected chi connectivity index (χ1v) is 4.07. The number of benzene rings is 1. The lowest BCUT2D eigenvalue weighted by Gasteiger charge is -1.98. The van der Waals surface area contributed by atoms with Crippen LogP contribution in [0, 0.1) is 5.82 Å². The Labute approximate surface area is 74.2 Å². The molecule has 62 valence electrons. The molecular formula is C9H6ClFO. The van der Waals surface area contributed by atoms with E-state index in [2.05, 4.69) is 0 Å². The number of ketones is 1. The highest BCUT2D eigenvalue weighted by Gasteiger charge is 2.20. The van der Waals surface area contributed by atoms with Gasteiger partial charge in [-0.3, -0.25) is 4.79 Å². The van der Waals surface area contributed by atoms with E-state index >= 15 is 0 Å². The number of hydrogen-bond acceptors (Lipinski definition) is 1. The molecule has 0 unspecified atom stereocenters. The maximum Gasteiger partial charge on any atom is 0.163 e. The molecule has 1 aliphatic rings. The van der Waals surface area contributed by atoms with Crippen LogP contribution in [0.2, 0.25) is 5.02 Å². The van der Waals surface area contributed by atoms with E-state index in [1.807, 2.05) is 0 Å². The molecule has 0 bridgehead atoms. The Kier molecular flexibility index (Phi) is 1.65. The van der Waals surface area contributed by atoms with E-state index < -0.39 is 5.82 Å². The Balaban J connectivity index is 2.63. The van der Waals surface area contributed by atoms with Crippen LogP contribution in [0.3, 0.4) is 0 Å². The number of aryl methyl sites for hydroxylation is 1. The molecule has 0 aromatic heterocycles. The maximum absolute atomic E-state index is 12.9. The molecule has 1 aromatic carbocycles. The number of Topliss-reactive ketones (excluding diaryl/α,β-unsaturated/α-hetero) is 1. The van der Waals surface area contributed by atoms with E-state index in [0.29, 0.717) is 18.4 Å². The second kappa shape index (κ2) is 2.56. The fourth-order valence-electron chi connectivity index (χ4n) is 1.44. The smallest absolute Gasteiger partial charge is 0.163 e. The van der Waals surface area contributed by atoms with Crippen molar-refractivity contribution in [3.05, 3.63) is 34.1 Å². The predicted octanol–water partition coefficient (Wildman–Crippen LogP) is 2.61. The van der Waals surface area contributed by atoms with Gasteiger partial charge in [0.2, 0.25) is 0 Å². The first-order valence-electron chi connectivity index (χ1n) is 3.69. The summed E-state index contributed by atoms with van der Waals surface area (Å²) in [4.78, 5) is 11.1. The van der Waals surface area contributed by atoms with Gasteiger partial charge in [-0.15, -0.1) is 0 Å². The van der Waals surface area contributed by atoms with Gasteiger partial charge in [-0.2, -0.15) is 0 Å². The van der Waals surface area contributed by atoms with E-state index in [-0.39, 0.29) is 10.8 Å². The summed E-state index contributed by atoms with van der Waals surface area (Å²) >= 11 is 5.55. The van der Waals surface area contributed by atoms with E-state index in [0.717, 1.165) is 5.56 Å². The van der Waals surface area contributed by atoms with Gasteiger partial charge in [-0.25, -0.2) is 4.39 Å². The van der Waals surface area contributed by atoms with Gasteiger partial charge in [0.15, 0.2) is 5.78 Å². The van der Waals surface area contributed by atoms with Crippen molar-refractivity contribution in [3.8, 4) is 0 Å². The van der Waals surface area contributed by atoms with Crippen molar-refractivity contribution in [1.29, 1.82) is 0 Å². The molecule has 3 heteroatoms. The molecule has 12 heavy (non-hydrogen) atoms. The zero-order valence-electron chi connectivity index (χ0n) is 6.23. The molecule has 0 atom stereocenters. The van der Waals surface area contributed by atoms with Gasteiger partial charge >= 0.3 is 0 Å². The third-order valence-electron chi connectivity index (χ3n) is 2.07. The average molecular weight is 185 g/mol. The third-order valence-corrected chi connectivity index (χ3v) is 2.36. The van der Waals surface area contributed by atoms with E-state index in [1.165, 1.54) is 12.1 Å². The Morgan fingerprint density at radius 3 is 2.83 bits per heavy atom. The quantitative estimate of drug-likeness (QED) is 0.606. The number of halogens is 2. The van der Waals surface area contributed by atoms with Crippen LogP contribution >= 0.6 is 11.6 Å². The number of hydrogen-bond donors (Lipinski definition) is 0. The lowest BCUT2D eigenvalue weighted by atomic mass is 10.1. The van der Waals surface area contributed by atoms with Gasteiger partial charge in [-0.05, 0) is 24.1 Å². The Morgan fingerprint density at radius 2 is 2.08 bits per heavy atom. The van der Waals surface area contributed by atoms with Crippen molar-refractivity contribution >= 4 is 17.4 Å². The molecule has 0 fully saturated rings. The van der Waals surface area contributed by atoms with Crippen LogP contribution < -0.4 is 0 Å². The first kappa shape index (κ1) is 7.74. The molecule has 0 amide bonds. The number of rotatable bonds is 0. The zero-order chi connectivity index (χ0) is 8.72. The number of carbonyl (C=O) groups excluding carboxylic acids is 1. The third kappa shape index (κ3) is 1.03. The highest BCUT2D eigenvalue weighted by atomic mass is 35.5. The molecule has 0 aliphatic heterocycles. The van der Waals surface area contributed by atoms with Crippen LogP contribution in [0.5, 0.6) is 0 Å². The van der Waals surface area contributed by atoms with Crippen LogP contribution in [0.25, 0.3) is 0 Å². The summed E-state index contributed by atoms with van der Waals surface area (Å²) in [5.74, 6) is -0.494. The van der Waals surface area contributed by atoms with Crippen molar-refractivity contribution in [2.75, 3.05) is 0 Å². The summed E-state index contributed by atoms with van der Waals surface area (Å²) in [6, 6.07) is 2.77. The molecular weight excluding hydrogens is 179 g/mol. The van der Waals surface area contributed by atoms with Crippen molar-refractivity contribution in [1.82, 2.24) is 0 Å². The molecule has 0 N–H and O–H groups in total. The van der Waals surface area contributed by atoms with Gasteiger partial charge < -0.3 is 0 Å². The zero-order valence-corrected chi connectivity index (χ0v) is 6.99. The summed E-state index contributed by atoms with van der Waals surface area (Å²) in [5, 5.41) is 0.100. The molecule has 0 heterocycles. The minimum absolute atomic E-state index is 0.0144. The van der Waals surface area contributed by atoms with Crippen LogP contribution in [0.4, 0.5) is 4.39 Å². The molecule has 0 spiro atoms. The van der Waals surface area contributed by atoms with E-state index in [4.69, 9.17) is 11.6 Å². The monoisotopic (exact) mass is 184 g/mol. The highest BCUT2D eigenvalue weighted by molar-refractivity contribution is 6.31. The molecule has 1 aromatic rings. The van der Waals surface area contributed by atoms with Crippen molar-refractivity contribution in [2.45, 2.75) is 12.8 Å². The largest absolute Gasteiger partial charge is 0.294 e. The minimum atomic E-state index is -0.509. The lowest BCUT2D eigenvalue weighted by Crippen LogP contribution is -1.92. The van der Waals surface area contributed by atoms with Crippen LogP contribution in [0.1, 0.15) is 22.3 Å². The summed E-state index contributed by atoms with van der Waals surface area (Å²) in [7, 11) is 0. The fraction of sp³-hybridized carbons (Fsp3) is 0.222. The lowest BCUT2D eigenvalue weighted by molar-refractivity contribution is 0.0994. The molecule has 0 saturated carbocycles. The maximum atomic E-state index is 12.9. The second-order valence-corrected chi connectivity index (χ2v) is 3.25. The summed E-state index contributed by atoms with van der Waals surface area (Å²) in [6.45, 7) is 0. The fourth-order valence-corrected chi connectivity index (χ4v) is 1.62. The predicted molar refractivity (Wildman–Crippen MR) is 44.1 cm³/mol. The van der Waals surface area contributed by atoms with Gasteiger partial charge in [0.25, 0.3) is 0 Å². The van der Waals surface area contributed by atoms with Crippen LogP contribution in [-0.2, 0) is 6.42 Å². The summed E-state index contributed by atoms with van der Waals surface area (Å²) < 4.78 is 12.9. The standard InChI is InChI=1S/C9H6ClFO/c10-7-3-5-1-2-9(12)6(5)4-8(7)11/h3-4H,1-2H2. The average Bonchev–Trinajstić information content (AvgIpc) is 2.35. The van der Waals surface area contributed by atoms with Gasteiger partial charge in [0.1, 0.15) is 5.82 Å². The highest BCUT2D eigenvalue weighted by Crippen LogP contribution is 2.27.